The van der Waals surface area contributed by atoms with Crippen molar-refractivity contribution in [2.24, 2.45) is 0 Å². The molecule has 0 saturated carbocycles. The van der Waals surface area contributed by atoms with Crippen LogP contribution in [0.15, 0.2) is 97.3 Å². The zero-order valence-corrected chi connectivity index (χ0v) is 30.7. The number of methoxy groups -OCH3 is 1. The van der Waals surface area contributed by atoms with Crippen LogP contribution >= 0.6 is 0 Å². The summed E-state index contributed by atoms with van der Waals surface area (Å²) in [6.07, 6.45) is 6.48. The summed E-state index contributed by atoms with van der Waals surface area (Å²) in [6.45, 7) is 3.13. The van der Waals surface area contributed by atoms with E-state index in [0.29, 0.717) is 70.7 Å². The van der Waals surface area contributed by atoms with Crippen molar-refractivity contribution in [3.63, 3.8) is 0 Å². The Morgan fingerprint density at radius 3 is 2.38 bits per heavy atom. The summed E-state index contributed by atoms with van der Waals surface area (Å²) < 4.78 is 36.4. The summed E-state index contributed by atoms with van der Waals surface area (Å²) in [6, 6.07) is 24.1. The van der Waals surface area contributed by atoms with Gasteiger partial charge in [0.2, 0.25) is 5.95 Å². The fourth-order valence-corrected chi connectivity index (χ4v) is 7.81. The Hall–Kier alpha value is -6.41. The highest BCUT2D eigenvalue weighted by atomic mass is 19.1. The first kappa shape index (κ1) is 36.6. The number of carboxylic acid groups (broad SMARTS) is 1. The second-order valence-corrected chi connectivity index (χ2v) is 14.0. The smallest absolute Gasteiger partial charge is 0.407 e. The van der Waals surface area contributed by atoms with E-state index in [4.69, 9.17) is 14.7 Å². The Morgan fingerprint density at radius 1 is 0.857 bits per heavy atom. The van der Waals surface area contributed by atoms with E-state index >= 15 is 0 Å². The highest BCUT2D eigenvalue weighted by Crippen LogP contribution is 2.37. The third-order valence-electron chi connectivity index (χ3n) is 10.8. The number of para-hydroxylation sites is 1. The number of halogens is 2. The molecular formula is C42H40F2N8O4. The van der Waals surface area contributed by atoms with Gasteiger partial charge in [-0.1, -0.05) is 30.3 Å². The molecule has 2 fully saturated rings. The number of carbonyl (C=O) groups excluding carboxylic acids is 1. The summed E-state index contributed by atoms with van der Waals surface area (Å²) in [5.41, 5.74) is 4.61. The average molecular weight is 759 g/mol. The van der Waals surface area contributed by atoms with Gasteiger partial charge >= 0.3 is 6.09 Å². The van der Waals surface area contributed by atoms with Crippen molar-refractivity contribution in [3.05, 3.63) is 120 Å². The first-order valence-electron chi connectivity index (χ1n) is 18.6. The number of nitrogens with zero attached hydrogens (tertiary/aromatic N) is 6. The first-order valence-corrected chi connectivity index (χ1v) is 18.6. The SMILES string of the molecule is COc1cc(C2CCN(C3CCN(C(=O)O)CC3)CC2)ccc1Nc1nccc(-c2c(-c3cccc(C(=O)Nc4c(F)cccc4F)c3)nc3ccccn23)n1. The number of likely N-dealkylation sites (tertiary alicyclic amines) is 2. The number of carbonyl (C=O) groups is 2. The average Bonchev–Trinajstić information content (AvgIpc) is 3.62. The van der Waals surface area contributed by atoms with Gasteiger partial charge in [0.1, 0.15) is 28.7 Å². The molecule has 2 aliphatic rings. The number of benzene rings is 3. The van der Waals surface area contributed by atoms with Crippen molar-refractivity contribution in [2.45, 2.75) is 37.6 Å². The monoisotopic (exact) mass is 758 g/mol. The van der Waals surface area contributed by atoms with Crippen molar-refractivity contribution in [2.75, 3.05) is 43.9 Å². The van der Waals surface area contributed by atoms with E-state index in [1.165, 1.54) is 16.5 Å². The van der Waals surface area contributed by atoms with Crippen molar-refractivity contribution in [3.8, 4) is 28.4 Å². The van der Waals surface area contributed by atoms with Crippen LogP contribution in [0.1, 0.15) is 47.5 Å². The van der Waals surface area contributed by atoms with Crippen molar-refractivity contribution in [1.29, 1.82) is 0 Å². The highest BCUT2D eigenvalue weighted by molar-refractivity contribution is 6.05. The predicted octanol–water partition coefficient (Wildman–Crippen LogP) is 8.06. The van der Waals surface area contributed by atoms with Gasteiger partial charge in [-0.25, -0.2) is 28.5 Å². The molecule has 2 saturated heterocycles. The zero-order valence-electron chi connectivity index (χ0n) is 30.7. The molecule has 286 valence electrons. The van der Waals surface area contributed by atoms with Gasteiger partial charge in [-0.2, -0.15) is 0 Å². The number of ether oxygens (including phenoxy) is 1. The maximum absolute atomic E-state index is 14.3. The van der Waals surface area contributed by atoms with E-state index in [1.54, 1.807) is 37.6 Å². The molecule has 2 aliphatic heterocycles. The van der Waals surface area contributed by atoms with Crippen LogP contribution in [0.2, 0.25) is 0 Å². The third kappa shape index (κ3) is 7.47. The molecule has 3 N–H and O–H groups in total. The molecular weight excluding hydrogens is 719 g/mol. The topological polar surface area (TPSA) is 137 Å². The normalized spacial score (nSPS) is 15.5. The minimum absolute atomic E-state index is 0.192. The third-order valence-corrected chi connectivity index (χ3v) is 10.8. The Labute approximate surface area is 321 Å². The van der Waals surface area contributed by atoms with E-state index in [0.717, 1.165) is 50.9 Å². The molecule has 3 aromatic carbocycles. The van der Waals surface area contributed by atoms with E-state index < -0.39 is 29.3 Å². The molecule has 0 unspecified atom stereocenters. The maximum atomic E-state index is 14.3. The van der Waals surface area contributed by atoms with Crippen LogP contribution in [-0.4, -0.2) is 85.6 Å². The summed E-state index contributed by atoms with van der Waals surface area (Å²) in [4.78, 5) is 42.8. The van der Waals surface area contributed by atoms with Gasteiger partial charge in [-0.05, 0) is 105 Å². The number of imidazole rings is 1. The number of rotatable bonds is 9. The van der Waals surface area contributed by atoms with Crippen LogP contribution in [0.25, 0.3) is 28.3 Å². The molecule has 0 spiro atoms. The zero-order chi connectivity index (χ0) is 38.8. The Balaban J connectivity index is 1.01. The summed E-state index contributed by atoms with van der Waals surface area (Å²) in [5, 5.41) is 15.0. The number of fused-ring (bicyclic) bond motifs is 1. The van der Waals surface area contributed by atoms with E-state index in [2.05, 4.69) is 32.7 Å². The van der Waals surface area contributed by atoms with Crippen molar-refractivity contribution >= 4 is 35.0 Å². The molecule has 12 nitrogen and oxygen atoms in total. The second-order valence-electron chi connectivity index (χ2n) is 14.0. The van der Waals surface area contributed by atoms with E-state index in [9.17, 15) is 23.5 Å². The number of anilines is 3. The van der Waals surface area contributed by atoms with Crippen molar-refractivity contribution in [1.82, 2.24) is 29.2 Å². The second kappa shape index (κ2) is 15.7. The molecule has 0 bridgehead atoms. The molecule has 3 aromatic heterocycles. The van der Waals surface area contributed by atoms with Gasteiger partial charge in [0, 0.05) is 42.7 Å². The number of nitrogens with one attached hydrogen (secondary N) is 2. The number of hydrogen-bond donors (Lipinski definition) is 3. The Kier molecular flexibility index (Phi) is 10.3. The summed E-state index contributed by atoms with van der Waals surface area (Å²) in [5.74, 6) is -1.02. The van der Waals surface area contributed by atoms with Crippen molar-refractivity contribution < 1.29 is 28.2 Å². The fraction of sp³-hybridized carbons (Fsp3) is 0.262. The van der Waals surface area contributed by atoms with Gasteiger partial charge in [-0.3, -0.25) is 9.20 Å². The van der Waals surface area contributed by atoms with Crippen LogP contribution in [-0.2, 0) is 0 Å². The van der Waals surface area contributed by atoms with Gasteiger partial charge in [0.05, 0.1) is 29.9 Å². The lowest BCUT2D eigenvalue weighted by Crippen LogP contribution is -2.48. The molecule has 6 aromatic rings. The van der Waals surface area contributed by atoms with Crippen LogP contribution in [0.5, 0.6) is 5.75 Å². The highest BCUT2D eigenvalue weighted by Gasteiger charge is 2.30. The number of pyridine rings is 1. The summed E-state index contributed by atoms with van der Waals surface area (Å²) in [7, 11) is 1.64. The summed E-state index contributed by atoms with van der Waals surface area (Å²) >= 11 is 0. The van der Waals surface area contributed by atoms with Gasteiger partial charge < -0.3 is 30.3 Å². The van der Waals surface area contributed by atoms with Crippen LogP contribution < -0.4 is 15.4 Å². The standard InChI is InChI=1S/C42H40F2N8O4/c1-56-35-25-27(26-14-20-50(21-15-26)30-16-22-51(23-17-30)42(54)55)11-12-33(35)46-41-45-18-13-34(47-41)39-37(48-36-10-2-3-19-52(36)39)28-6-4-7-29(24-28)40(53)49-38-31(43)8-5-9-32(38)44/h2-13,18-19,24-26,30H,14-17,20-23H2,1H3,(H,49,53)(H,54,55)(H,45,46,47). The first-order chi connectivity index (χ1) is 27.2. The Bertz CT molecular complexity index is 2390. The quantitative estimate of drug-likeness (QED) is 0.134. The molecule has 0 radical (unpaired) electrons. The lowest BCUT2D eigenvalue weighted by molar-refractivity contribution is 0.0811. The maximum Gasteiger partial charge on any atom is 0.407 e. The molecule has 2 amide bonds. The molecule has 5 heterocycles. The molecule has 56 heavy (non-hydrogen) atoms. The van der Waals surface area contributed by atoms with Crippen LogP contribution in [0, 0.1) is 11.6 Å². The van der Waals surface area contributed by atoms with E-state index in [1.807, 2.05) is 40.9 Å². The van der Waals surface area contributed by atoms with Crippen LogP contribution in [0.3, 0.4) is 0 Å². The minimum Gasteiger partial charge on any atom is -0.495 e. The predicted molar refractivity (Wildman–Crippen MR) is 208 cm³/mol. The molecule has 14 heteroatoms. The molecule has 0 aliphatic carbocycles. The minimum atomic E-state index is -0.871. The molecule has 8 rings (SSSR count). The lowest BCUT2D eigenvalue weighted by atomic mass is 9.87. The largest absolute Gasteiger partial charge is 0.495 e. The van der Waals surface area contributed by atoms with E-state index in [-0.39, 0.29) is 5.56 Å². The number of hydrogen-bond acceptors (Lipinski definition) is 8. The van der Waals surface area contributed by atoms with Crippen LogP contribution in [0.4, 0.5) is 30.9 Å². The molecule has 0 atom stereocenters. The lowest BCUT2D eigenvalue weighted by Gasteiger charge is -2.41. The van der Waals surface area contributed by atoms with Gasteiger partial charge in [0.25, 0.3) is 5.91 Å². The van der Waals surface area contributed by atoms with Gasteiger partial charge in [0.15, 0.2) is 0 Å². The number of aromatic nitrogens is 4. The fourth-order valence-electron chi connectivity index (χ4n) is 7.81. The van der Waals surface area contributed by atoms with Gasteiger partial charge in [-0.15, -0.1) is 0 Å². The number of piperidine rings is 2. The number of amides is 2. The Morgan fingerprint density at radius 2 is 1.62 bits per heavy atom.